The van der Waals surface area contributed by atoms with Crippen molar-refractivity contribution in [1.82, 2.24) is 10.1 Å². The summed E-state index contributed by atoms with van der Waals surface area (Å²) in [5.74, 6) is 0.716. The molecule has 4 aromatic rings. The topological polar surface area (TPSA) is 68.0 Å². The zero-order chi connectivity index (χ0) is 17.9. The molecule has 0 aliphatic rings. The Bertz CT molecular complexity index is 1040. The summed E-state index contributed by atoms with van der Waals surface area (Å²) in [7, 11) is 0. The molecule has 2 heterocycles. The third-order valence-corrected chi connectivity index (χ3v) is 4.76. The van der Waals surface area contributed by atoms with Gasteiger partial charge in [0, 0.05) is 5.56 Å². The molecule has 2 aromatic carbocycles. The minimum Gasteiger partial charge on any atom is -0.334 e. The quantitative estimate of drug-likeness (QED) is 0.554. The second-order valence-corrected chi connectivity index (χ2v) is 6.71. The fourth-order valence-electron chi connectivity index (χ4n) is 2.52. The van der Waals surface area contributed by atoms with E-state index in [4.69, 9.17) is 4.52 Å². The van der Waals surface area contributed by atoms with Crippen LogP contribution < -0.4 is 5.32 Å². The molecule has 1 N–H and O–H groups in total. The zero-order valence-electron chi connectivity index (χ0n) is 14.0. The number of rotatable bonds is 4. The number of carbonyl (C=O) groups is 1. The smallest absolute Gasteiger partial charge is 0.265 e. The number of hydrogen-bond donors (Lipinski definition) is 1. The minimum atomic E-state index is -0.161. The lowest BCUT2D eigenvalue weighted by Gasteiger charge is -2.07. The highest BCUT2D eigenvalue weighted by Crippen LogP contribution is 2.29. The highest BCUT2D eigenvalue weighted by atomic mass is 32.1. The van der Waals surface area contributed by atoms with Gasteiger partial charge >= 0.3 is 0 Å². The molecule has 0 aliphatic heterocycles. The number of aryl methyl sites for hydroxylation is 1. The number of para-hydroxylation sites is 1. The fraction of sp³-hybridized carbons (Fsp3) is 0.0500. The number of hydrogen-bond acceptors (Lipinski definition) is 5. The van der Waals surface area contributed by atoms with E-state index in [1.54, 1.807) is 6.07 Å². The van der Waals surface area contributed by atoms with E-state index in [0.29, 0.717) is 27.8 Å². The lowest BCUT2D eigenvalue weighted by atomic mass is 10.1. The van der Waals surface area contributed by atoms with Crippen molar-refractivity contribution in [3.05, 3.63) is 76.5 Å². The van der Waals surface area contributed by atoms with Gasteiger partial charge in [-0.15, -0.1) is 11.3 Å². The normalized spacial score (nSPS) is 10.7. The van der Waals surface area contributed by atoms with Crippen molar-refractivity contribution in [1.29, 1.82) is 0 Å². The van der Waals surface area contributed by atoms with E-state index in [9.17, 15) is 4.79 Å². The Hall–Kier alpha value is -3.25. The lowest BCUT2D eigenvalue weighted by molar-refractivity contribution is 0.103. The van der Waals surface area contributed by atoms with E-state index < -0.39 is 0 Å². The first kappa shape index (κ1) is 16.2. The maximum atomic E-state index is 12.3. The van der Waals surface area contributed by atoms with E-state index in [-0.39, 0.29) is 5.91 Å². The van der Waals surface area contributed by atoms with Crippen LogP contribution in [0.25, 0.3) is 22.8 Å². The first-order valence-electron chi connectivity index (χ1n) is 8.06. The van der Waals surface area contributed by atoms with Crippen molar-refractivity contribution in [3.63, 3.8) is 0 Å². The Balaban J connectivity index is 1.64. The molecule has 0 radical (unpaired) electrons. The van der Waals surface area contributed by atoms with Gasteiger partial charge in [-0.2, -0.15) is 4.98 Å². The summed E-state index contributed by atoms with van der Waals surface area (Å²) >= 11 is 1.39. The number of thiophene rings is 1. The van der Waals surface area contributed by atoms with Crippen LogP contribution in [0.2, 0.25) is 0 Å². The molecule has 5 nitrogen and oxygen atoms in total. The third kappa shape index (κ3) is 3.27. The number of aromatic nitrogens is 2. The zero-order valence-corrected chi connectivity index (χ0v) is 14.8. The lowest BCUT2D eigenvalue weighted by Crippen LogP contribution is -2.10. The molecule has 0 spiro atoms. The highest BCUT2D eigenvalue weighted by Gasteiger charge is 2.16. The van der Waals surface area contributed by atoms with Gasteiger partial charge in [0.1, 0.15) is 0 Å². The van der Waals surface area contributed by atoms with Gasteiger partial charge in [0.05, 0.1) is 16.1 Å². The van der Waals surface area contributed by atoms with E-state index in [2.05, 4.69) is 15.5 Å². The molecule has 1 amide bonds. The number of amides is 1. The molecule has 128 valence electrons. The summed E-state index contributed by atoms with van der Waals surface area (Å²) in [6.45, 7) is 2.03. The van der Waals surface area contributed by atoms with Crippen LogP contribution in [0.15, 0.2) is 70.6 Å². The average molecular weight is 361 g/mol. The second kappa shape index (κ2) is 6.93. The third-order valence-electron chi connectivity index (χ3n) is 3.89. The van der Waals surface area contributed by atoms with Crippen molar-refractivity contribution < 1.29 is 9.32 Å². The van der Waals surface area contributed by atoms with Gasteiger partial charge in [0.25, 0.3) is 11.8 Å². The summed E-state index contributed by atoms with van der Waals surface area (Å²) in [6.07, 6.45) is 0. The molecular formula is C20H15N3O2S. The average Bonchev–Trinajstić information content (AvgIpc) is 3.35. The Morgan fingerprint density at radius 1 is 1.04 bits per heavy atom. The molecule has 2 aromatic heterocycles. The van der Waals surface area contributed by atoms with E-state index in [1.807, 2.05) is 66.9 Å². The van der Waals surface area contributed by atoms with Crippen LogP contribution in [-0.2, 0) is 0 Å². The van der Waals surface area contributed by atoms with Gasteiger partial charge < -0.3 is 9.84 Å². The van der Waals surface area contributed by atoms with Crippen molar-refractivity contribution >= 4 is 22.9 Å². The number of nitrogens with one attached hydrogen (secondary N) is 1. The van der Waals surface area contributed by atoms with Gasteiger partial charge in [0.15, 0.2) is 0 Å². The van der Waals surface area contributed by atoms with Gasteiger partial charge in [0.2, 0.25) is 5.82 Å². The molecule has 0 saturated heterocycles. The minimum absolute atomic E-state index is 0.161. The molecule has 0 aliphatic carbocycles. The molecule has 6 heteroatoms. The SMILES string of the molecule is Cc1ccc(-c2noc(-c3ccccc3NC(=O)c3cccs3)n2)cc1. The number of anilines is 1. The second-order valence-electron chi connectivity index (χ2n) is 5.77. The largest absolute Gasteiger partial charge is 0.334 e. The fourth-order valence-corrected chi connectivity index (χ4v) is 3.14. The van der Waals surface area contributed by atoms with E-state index >= 15 is 0 Å². The van der Waals surface area contributed by atoms with Gasteiger partial charge in [-0.1, -0.05) is 53.2 Å². The first-order valence-corrected chi connectivity index (χ1v) is 8.94. The van der Waals surface area contributed by atoms with Crippen LogP contribution in [0, 0.1) is 6.92 Å². The summed E-state index contributed by atoms with van der Waals surface area (Å²) in [5, 5.41) is 8.85. The Morgan fingerprint density at radius 3 is 2.62 bits per heavy atom. The van der Waals surface area contributed by atoms with Crippen LogP contribution in [0.5, 0.6) is 0 Å². The van der Waals surface area contributed by atoms with Crippen LogP contribution >= 0.6 is 11.3 Å². The monoisotopic (exact) mass is 361 g/mol. The van der Waals surface area contributed by atoms with E-state index in [0.717, 1.165) is 5.56 Å². The number of nitrogens with zero attached hydrogens (tertiary/aromatic N) is 2. The number of carbonyl (C=O) groups excluding carboxylic acids is 1. The molecule has 0 fully saturated rings. The summed E-state index contributed by atoms with van der Waals surface area (Å²) in [5.41, 5.74) is 3.36. The van der Waals surface area contributed by atoms with Crippen LogP contribution in [0.4, 0.5) is 5.69 Å². The van der Waals surface area contributed by atoms with Crippen molar-refractivity contribution in [3.8, 4) is 22.8 Å². The summed E-state index contributed by atoms with van der Waals surface area (Å²) in [4.78, 5) is 17.5. The molecular weight excluding hydrogens is 346 g/mol. The van der Waals surface area contributed by atoms with Crippen molar-refractivity contribution in [2.45, 2.75) is 6.92 Å². The standard InChI is InChI=1S/C20H15N3O2S/c1-13-8-10-14(11-9-13)18-22-20(25-23-18)15-5-2-3-6-16(15)21-19(24)17-7-4-12-26-17/h2-12H,1H3,(H,21,24). The van der Waals surface area contributed by atoms with E-state index in [1.165, 1.54) is 16.9 Å². The predicted molar refractivity (Wildman–Crippen MR) is 102 cm³/mol. The summed E-state index contributed by atoms with van der Waals surface area (Å²) in [6, 6.07) is 18.9. The molecule has 26 heavy (non-hydrogen) atoms. The Morgan fingerprint density at radius 2 is 1.85 bits per heavy atom. The van der Waals surface area contributed by atoms with Gasteiger partial charge in [-0.25, -0.2) is 0 Å². The van der Waals surface area contributed by atoms with Crippen molar-refractivity contribution in [2.75, 3.05) is 5.32 Å². The molecule has 0 bridgehead atoms. The van der Waals surface area contributed by atoms with Gasteiger partial charge in [-0.05, 0) is 30.5 Å². The van der Waals surface area contributed by atoms with Crippen LogP contribution in [-0.4, -0.2) is 16.0 Å². The first-order chi connectivity index (χ1) is 12.7. The Labute approximate surface area is 154 Å². The molecule has 0 atom stereocenters. The molecule has 4 rings (SSSR count). The van der Waals surface area contributed by atoms with Crippen LogP contribution in [0.3, 0.4) is 0 Å². The molecule has 0 unspecified atom stereocenters. The predicted octanol–water partition coefficient (Wildman–Crippen LogP) is 5.03. The molecule has 0 saturated carbocycles. The van der Waals surface area contributed by atoms with Gasteiger partial charge in [-0.3, -0.25) is 4.79 Å². The number of benzene rings is 2. The Kier molecular flexibility index (Phi) is 4.33. The van der Waals surface area contributed by atoms with Crippen molar-refractivity contribution in [2.24, 2.45) is 0 Å². The maximum Gasteiger partial charge on any atom is 0.265 e. The van der Waals surface area contributed by atoms with Crippen LogP contribution in [0.1, 0.15) is 15.2 Å². The maximum absolute atomic E-state index is 12.3. The summed E-state index contributed by atoms with van der Waals surface area (Å²) < 4.78 is 5.44. The highest BCUT2D eigenvalue weighted by molar-refractivity contribution is 7.12.